The molecule has 2 heterocycles. The average Bonchev–Trinajstić information content (AvgIpc) is 3.21. The minimum atomic E-state index is -0.341. The van der Waals surface area contributed by atoms with Gasteiger partial charge >= 0.3 is 0 Å². The molecule has 188 valence electrons. The first-order valence-electron chi connectivity index (χ1n) is 12.3. The van der Waals surface area contributed by atoms with E-state index in [-0.39, 0.29) is 23.8 Å². The maximum absolute atomic E-state index is 13.5. The number of hydrogen-bond acceptors (Lipinski definition) is 6. The fraction of sp³-hybridized carbons (Fsp3) is 0.207. The van der Waals surface area contributed by atoms with Crippen molar-refractivity contribution in [1.82, 2.24) is 19.9 Å². The number of unbranched alkanes of at least 4 members (excludes halogenated alkanes) is 1. The highest BCUT2D eigenvalue weighted by atomic mass is 16.5. The molecule has 0 unspecified atom stereocenters. The van der Waals surface area contributed by atoms with Gasteiger partial charge in [0.2, 0.25) is 0 Å². The van der Waals surface area contributed by atoms with Crippen molar-refractivity contribution in [3.8, 4) is 17.2 Å². The zero-order chi connectivity index (χ0) is 25.8. The van der Waals surface area contributed by atoms with E-state index in [1.807, 2.05) is 72.8 Å². The van der Waals surface area contributed by atoms with E-state index in [0.717, 1.165) is 29.8 Å². The third kappa shape index (κ3) is 4.78. The number of nitrogen functional groups attached to an aromatic ring is 1. The second kappa shape index (κ2) is 10.6. The standard InChI is InChI=1S/C29H29N5O3/c1-3-4-16-37-21-12-9-11-20(17-21)34-27(30)25(26-28(34)33-23-14-7-6-13-22(23)32-26)29(35)31-18-19-10-5-8-15-24(19)36-2/h5-15,17H,3-4,16,18,30H2,1-2H3,(H,31,35). The molecule has 0 spiro atoms. The van der Waals surface area contributed by atoms with Crippen molar-refractivity contribution < 1.29 is 14.3 Å². The number of amides is 1. The Morgan fingerprint density at radius 3 is 2.54 bits per heavy atom. The van der Waals surface area contributed by atoms with Crippen LogP contribution in [-0.4, -0.2) is 34.2 Å². The van der Waals surface area contributed by atoms with Gasteiger partial charge in [-0.2, -0.15) is 0 Å². The van der Waals surface area contributed by atoms with Crippen LogP contribution in [0.3, 0.4) is 0 Å². The molecule has 0 atom stereocenters. The summed E-state index contributed by atoms with van der Waals surface area (Å²) in [5, 5.41) is 2.98. The number of ether oxygens (including phenoxy) is 2. The lowest BCUT2D eigenvalue weighted by atomic mass is 10.2. The van der Waals surface area contributed by atoms with Gasteiger partial charge in [-0.1, -0.05) is 49.7 Å². The van der Waals surface area contributed by atoms with Gasteiger partial charge in [0.05, 0.1) is 30.4 Å². The van der Waals surface area contributed by atoms with Crippen molar-refractivity contribution >= 4 is 33.9 Å². The molecule has 0 fully saturated rings. The molecule has 3 N–H and O–H groups in total. The van der Waals surface area contributed by atoms with E-state index in [0.29, 0.717) is 34.6 Å². The van der Waals surface area contributed by atoms with E-state index in [2.05, 4.69) is 12.2 Å². The predicted molar refractivity (Wildman–Crippen MR) is 145 cm³/mol. The van der Waals surface area contributed by atoms with Crippen LogP contribution < -0.4 is 20.5 Å². The molecule has 8 nitrogen and oxygen atoms in total. The number of benzene rings is 3. The number of hydrogen-bond donors (Lipinski definition) is 2. The maximum atomic E-state index is 13.5. The third-order valence-corrected chi connectivity index (χ3v) is 6.20. The monoisotopic (exact) mass is 495 g/mol. The molecule has 0 aliphatic heterocycles. The lowest BCUT2D eigenvalue weighted by Gasteiger charge is -2.11. The topological polar surface area (TPSA) is 104 Å². The first-order valence-corrected chi connectivity index (χ1v) is 12.3. The Hall–Kier alpha value is -4.59. The molecule has 0 radical (unpaired) electrons. The van der Waals surface area contributed by atoms with Crippen LogP contribution in [0.1, 0.15) is 35.7 Å². The number of nitrogens with two attached hydrogens (primary N) is 1. The molecule has 0 saturated heterocycles. The van der Waals surface area contributed by atoms with Crippen LogP contribution in [0.4, 0.5) is 5.82 Å². The van der Waals surface area contributed by atoms with E-state index in [1.165, 1.54) is 0 Å². The van der Waals surface area contributed by atoms with Gasteiger partial charge in [0, 0.05) is 18.2 Å². The van der Waals surface area contributed by atoms with Crippen LogP contribution in [0, 0.1) is 0 Å². The Kier molecular flexibility index (Phi) is 6.89. The summed E-state index contributed by atoms with van der Waals surface area (Å²) in [6.07, 6.45) is 2.01. The van der Waals surface area contributed by atoms with Crippen LogP contribution >= 0.6 is 0 Å². The summed E-state index contributed by atoms with van der Waals surface area (Å²) in [5.41, 5.74) is 10.9. The largest absolute Gasteiger partial charge is 0.496 e. The van der Waals surface area contributed by atoms with Gasteiger partial charge in [-0.05, 0) is 36.8 Å². The lowest BCUT2D eigenvalue weighted by molar-refractivity contribution is 0.0953. The van der Waals surface area contributed by atoms with Crippen molar-refractivity contribution in [2.45, 2.75) is 26.3 Å². The number of para-hydroxylation sites is 3. The SMILES string of the molecule is CCCCOc1cccc(-n2c(N)c(C(=O)NCc3ccccc3OC)c3nc4ccccc4nc32)c1. The molecule has 5 rings (SSSR count). The summed E-state index contributed by atoms with van der Waals surface area (Å²) in [5.74, 6) is 1.34. The zero-order valence-corrected chi connectivity index (χ0v) is 20.9. The van der Waals surface area contributed by atoms with Gasteiger partial charge in [-0.15, -0.1) is 0 Å². The van der Waals surface area contributed by atoms with Crippen LogP contribution in [-0.2, 0) is 6.54 Å². The highest BCUT2D eigenvalue weighted by Crippen LogP contribution is 2.32. The molecule has 8 heteroatoms. The molecule has 2 aromatic heterocycles. The first kappa shape index (κ1) is 24.1. The second-order valence-corrected chi connectivity index (χ2v) is 8.67. The normalized spacial score (nSPS) is 11.1. The van der Waals surface area contributed by atoms with Crippen LogP contribution in [0.2, 0.25) is 0 Å². The Bertz CT molecular complexity index is 1580. The highest BCUT2D eigenvalue weighted by Gasteiger charge is 2.25. The fourth-order valence-electron chi connectivity index (χ4n) is 4.31. The van der Waals surface area contributed by atoms with Crippen molar-refractivity contribution in [3.63, 3.8) is 0 Å². The molecule has 0 saturated carbocycles. The first-order chi connectivity index (χ1) is 18.1. The van der Waals surface area contributed by atoms with Crippen molar-refractivity contribution in [2.75, 3.05) is 19.5 Å². The minimum Gasteiger partial charge on any atom is -0.496 e. The van der Waals surface area contributed by atoms with Gasteiger partial charge in [-0.25, -0.2) is 9.97 Å². The zero-order valence-electron chi connectivity index (χ0n) is 20.9. The number of methoxy groups -OCH3 is 1. The van der Waals surface area contributed by atoms with E-state index in [4.69, 9.17) is 25.2 Å². The van der Waals surface area contributed by atoms with Crippen molar-refractivity contribution in [1.29, 1.82) is 0 Å². The lowest BCUT2D eigenvalue weighted by Crippen LogP contribution is -2.24. The maximum Gasteiger partial charge on any atom is 0.257 e. The summed E-state index contributed by atoms with van der Waals surface area (Å²) in [6.45, 7) is 3.02. The van der Waals surface area contributed by atoms with Crippen LogP contribution in [0.15, 0.2) is 72.8 Å². The Morgan fingerprint density at radius 2 is 1.76 bits per heavy atom. The molecule has 3 aromatic carbocycles. The summed E-state index contributed by atoms with van der Waals surface area (Å²) in [4.78, 5) is 23.2. The molecule has 1 amide bonds. The highest BCUT2D eigenvalue weighted by molar-refractivity contribution is 6.11. The Morgan fingerprint density at radius 1 is 1.00 bits per heavy atom. The van der Waals surface area contributed by atoms with Gasteiger partial charge in [0.25, 0.3) is 5.91 Å². The predicted octanol–water partition coefficient (Wildman–Crippen LogP) is 5.27. The number of aromatic nitrogens is 3. The number of nitrogens with one attached hydrogen (secondary N) is 1. The molecule has 0 aliphatic rings. The average molecular weight is 496 g/mol. The summed E-state index contributed by atoms with van der Waals surface area (Å²) < 4.78 is 13.1. The van der Waals surface area contributed by atoms with Gasteiger partial charge < -0.3 is 20.5 Å². The van der Waals surface area contributed by atoms with E-state index in [1.54, 1.807) is 11.7 Å². The van der Waals surface area contributed by atoms with Gasteiger partial charge in [0.1, 0.15) is 28.4 Å². The molecule has 0 aliphatic carbocycles. The van der Waals surface area contributed by atoms with E-state index < -0.39 is 0 Å². The summed E-state index contributed by atoms with van der Waals surface area (Å²) >= 11 is 0. The third-order valence-electron chi connectivity index (χ3n) is 6.20. The fourth-order valence-corrected chi connectivity index (χ4v) is 4.31. The number of rotatable bonds is 9. The van der Waals surface area contributed by atoms with Gasteiger partial charge in [0.15, 0.2) is 5.65 Å². The molecular weight excluding hydrogens is 466 g/mol. The second-order valence-electron chi connectivity index (χ2n) is 8.67. The number of carbonyl (C=O) groups is 1. The smallest absolute Gasteiger partial charge is 0.257 e. The van der Waals surface area contributed by atoms with Gasteiger partial charge in [-0.3, -0.25) is 9.36 Å². The summed E-state index contributed by atoms with van der Waals surface area (Å²) in [7, 11) is 1.60. The number of anilines is 1. The van der Waals surface area contributed by atoms with Crippen molar-refractivity contribution in [2.24, 2.45) is 0 Å². The molecule has 5 aromatic rings. The quantitative estimate of drug-likeness (QED) is 0.270. The van der Waals surface area contributed by atoms with E-state index in [9.17, 15) is 4.79 Å². The van der Waals surface area contributed by atoms with E-state index >= 15 is 0 Å². The Balaban J connectivity index is 1.60. The van der Waals surface area contributed by atoms with Crippen LogP contribution in [0.5, 0.6) is 11.5 Å². The number of fused-ring (bicyclic) bond motifs is 2. The summed E-state index contributed by atoms with van der Waals surface area (Å²) in [6, 6.07) is 22.7. The van der Waals surface area contributed by atoms with Crippen molar-refractivity contribution in [3.05, 3.63) is 83.9 Å². The minimum absolute atomic E-state index is 0.258. The molecule has 0 bridgehead atoms. The number of nitrogens with zero attached hydrogens (tertiary/aromatic N) is 3. The Labute approximate surface area is 215 Å². The van der Waals surface area contributed by atoms with Crippen LogP contribution in [0.25, 0.3) is 27.9 Å². The molecule has 37 heavy (non-hydrogen) atoms. The molecular formula is C29H29N5O3. The number of carbonyl (C=O) groups excluding carboxylic acids is 1.